The van der Waals surface area contributed by atoms with Crippen LogP contribution in [0.25, 0.3) is 0 Å². The van der Waals surface area contributed by atoms with E-state index in [1.807, 2.05) is 44.2 Å². The Labute approximate surface area is 170 Å². The van der Waals surface area contributed by atoms with Gasteiger partial charge in [0.15, 0.2) is 0 Å². The SMILES string of the molecule is CC(C)OCCCNC(=O)c1ccc2c(c1)N(Cc1ccc(F)cc1)CCS2. The van der Waals surface area contributed by atoms with Gasteiger partial charge in [0, 0.05) is 42.5 Å². The number of amides is 1. The molecule has 0 fully saturated rings. The molecule has 150 valence electrons. The highest BCUT2D eigenvalue weighted by molar-refractivity contribution is 7.99. The van der Waals surface area contributed by atoms with Crippen LogP contribution in [-0.2, 0) is 11.3 Å². The summed E-state index contributed by atoms with van der Waals surface area (Å²) >= 11 is 1.80. The smallest absolute Gasteiger partial charge is 0.251 e. The van der Waals surface area contributed by atoms with E-state index in [9.17, 15) is 9.18 Å². The predicted octanol–water partition coefficient (Wildman–Crippen LogP) is 4.48. The van der Waals surface area contributed by atoms with E-state index in [2.05, 4.69) is 10.2 Å². The quantitative estimate of drug-likeness (QED) is 0.661. The Morgan fingerprint density at radius 3 is 2.79 bits per heavy atom. The van der Waals surface area contributed by atoms with Crippen molar-refractivity contribution in [1.29, 1.82) is 0 Å². The Morgan fingerprint density at radius 2 is 2.04 bits per heavy atom. The fourth-order valence-electron chi connectivity index (χ4n) is 3.08. The third-order valence-electron chi connectivity index (χ3n) is 4.53. The molecule has 28 heavy (non-hydrogen) atoms. The van der Waals surface area contributed by atoms with Crippen molar-refractivity contribution >= 4 is 23.4 Å². The predicted molar refractivity (Wildman–Crippen MR) is 113 cm³/mol. The summed E-state index contributed by atoms with van der Waals surface area (Å²) in [6, 6.07) is 12.5. The molecule has 1 aliphatic heterocycles. The number of carbonyl (C=O) groups excluding carboxylic acids is 1. The standard InChI is InChI=1S/C22H27FN2O2S/c1-16(2)27-12-3-10-24-22(26)18-6-9-21-20(14-18)25(11-13-28-21)15-17-4-7-19(23)8-5-17/h4-9,14,16H,3,10-13,15H2,1-2H3,(H,24,26). The van der Waals surface area contributed by atoms with Gasteiger partial charge in [-0.3, -0.25) is 4.79 Å². The number of ether oxygens (including phenoxy) is 1. The molecule has 0 saturated heterocycles. The van der Waals surface area contributed by atoms with Crippen LogP contribution in [0.5, 0.6) is 0 Å². The molecule has 0 aliphatic carbocycles. The van der Waals surface area contributed by atoms with E-state index in [0.717, 1.165) is 30.0 Å². The molecule has 1 amide bonds. The van der Waals surface area contributed by atoms with Crippen LogP contribution in [-0.4, -0.2) is 37.5 Å². The van der Waals surface area contributed by atoms with Crippen molar-refractivity contribution < 1.29 is 13.9 Å². The van der Waals surface area contributed by atoms with Crippen molar-refractivity contribution in [2.45, 2.75) is 37.8 Å². The zero-order valence-corrected chi connectivity index (χ0v) is 17.2. The maximum absolute atomic E-state index is 13.2. The van der Waals surface area contributed by atoms with Crippen molar-refractivity contribution in [2.24, 2.45) is 0 Å². The molecule has 0 aromatic heterocycles. The van der Waals surface area contributed by atoms with Crippen LogP contribution in [0.2, 0.25) is 0 Å². The van der Waals surface area contributed by atoms with Crippen LogP contribution in [0, 0.1) is 5.82 Å². The Hall–Kier alpha value is -2.05. The van der Waals surface area contributed by atoms with Crippen LogP contribution in [0.4, 0.5) is 10.1 Å². The maximum atomic E-state index is 13.2. The van der Waals surface area contributed by atoms with Gasteiger partial charge in [-0.2, -0.15) is 0 Å². The van der Waals surface area contributed by atoms with Crippen LogP contribution in [0.15, 0.2) is 47.4 Å². The lowest BCUT2D eigenvalue weighted by molar-refractivity contribution is 0.0757. The second-order valence-corrected chi connectivity index (χ2v) is 8.24. The molecule has 2 aromatic rings. The van der Waals surface area contributed by atoms with Crippen LogP contribution < -0.4 is 10.2 Å². The molecule has 1 aliphatic rings. The number of hydrogen-bond donors (Lipinski definition) is 1. The maximum Gasteiger partial charge on any atom is 0.251 e. The van der Waals surface area contributed by atoms with E-state index in [1.54, 1.807) is 11.8 Å². The lowest BCUT2D eigenvalue weighted by Gasteiger charge is -2.31. The Kier molecular flexibility index (Phi) is 7.34. The number of thioether (sulfide) groups is 1. The summed E-state index contributed by atoms with van der Waals surface area (Å²) in [4.78, 5) is 15.9. The molecule has 6 heteroatoms. The van der Waals surface area contributed by atoms with Gasteiger partial charge in [0.1, 0.15) is 5.82 Å². The van der Waals surface area contributed by atoms with Crippen molar-refractivity contribution in [3.05, 3.63) is 59.4 Å². The summed E-state index contributed by atoms with van der Waals surface area (Å²) in [7, 11) is 0. The van der Waals surface area contributed by atoms with E-state index >= 15 is 0 Å². The van der Waals surface area contributed by atoms with Crippen LogP contribution in [0.3, 0.4) is 0 Å². The van der Waals surface area contributed by atoms with Crippen molar-refractivity contribution in [3.8, 4) is 0 Å². The summed E-state index contributed by atoms with van der Waals surface area (Å²) in [5.74, 6) is 0.705. The normalized spacial score (nSPS) is 13.5. The third kappa shape index (κ3) is 5.72. The molecular weight excluding hydrogens is 375 g/mol. The fraction of sp³-hybridized carbons (Fsp3) is 0.409. The summed E-state index contributed by atoms with van der Waals surface area (Å²) in [6.07, 6.45) is 1.00. The summed E-state index contributed by atoms with van der Waals surface area (Å²) < 4.78 is 18.7. The third-order valence-corrected chi connectivity index (χ3v) is 5.57. The molecule has 4 nitrogen and oxygen atoms in total. The van der Waals surface area contributed by atoms with Gasteiger partial charge in [-0.25, -0.2) is 4.39 Å². The van der Waals surface area contributed by atoms with E-state index in [0.29, 0.717) is 25.3 Å². The number of hydrogen-bond acceptors (Lipinski definition) is 4. The number of halogens is 1. The number of fused-ring (bicyclic) bond motifs is 1. The molecule has 0 bridgehead atoms. The minimum absolute atomic E-state index is 0.0651. The van der Waals surface area contributed by atoms with E-state index in [1.165, 1.54) is 17.0 Å². The van der Waals surface area contributed by atoms with Gasteiger partial charge in [0.25, 0.3) is 5.91 Å². The number of anilines is 1. The minimum atomic E-state index is -0.226. The minimum Gasteiger partial charge on any atom is -0.379 e. The van der Waals surface area contributed by atoms with Gasteiger partial charge in [-0.1, -0.05) is 12.1 Å². The number of carbonyl (C=O) groups is 1. The molecule has 1 N–H and O–H groups in total. The fourth-order valence-corrected chi connectivity index (χ4v) is 4.12. The van der Waals surface area contributed by atoms with Gasteiger partial charge in [0.2, 0.25) is 0 Å². The first-order chi connectivity index (χ1) is 13.5. The molecule has 2 aromatic carbocycles. The highest BCUT2D eigenvalue weighted by Crippen LogP contribution is 2.36. The van der Waals surface area contributed by atoms with Crippen molar-refractivity contribution in [2.75, 3.05) is 30.3 Å². The Morgan fingerprint density at radius 1 is 1.25 bits per heavy atom. The summed E-state index contributed by atoms with van der Waals surface area (Å²) in [5.41, 5.74) is 2.78. The molecule has 1 heterocycles. The van der Waals surface area contributed by atoms with Gasteiger partial charge in [-0.05, 0) is 56.2 Å². The van der Waals surface area contributed by atoms with Gasteiger partial charge >= 0.3 is 0 Å². The number of benzene rings is 2. The first-order valence-electron chi connectivity index (χ1n) is 9.69. The molecule has 3 rings (SSSR count). The van der Waals surface area contributed by atoms with Gasteiger partial charge in [0.05, 0.1) is 11.8 Å². The van der Waals surface area contributed by atoms with Crippen molar-refractivity contribution in [1.82, 2.24) is 5.32 Å². The highest BCUT2D eigenvalue weighted by atomic mass is 32.2. The zero-order chi connectivity index (χ0) is 19.9. The van der Waals surface area contributed by atoms with Crippen LogP contribution >= 0.6 is 11.8 Å². The average Bonchev–Trinajstić information content (AvgIpc) is 2.69. The molecule has 0 saturated carbocycles. The summed E-state index contributed by atoms with van der Waals surface area (Å²) in [6.45, 7) is 6.84. The van der Waals surface area contributed by atoms with E-state index in [4.69, 9.17) is 4.74 Å². The molecule has 0 spiro atoms. The number of nitrogens with one attached hydrogen (secondary N) is 1. The average molecular weight is 403 g/mol. The Balaban J connectivity index is 1.64. The van der Waals surface area contributed by atoms with Gasteiger partial charge < -0.3 is 15.0 Å². The zero-order valence-electron chi connectivity index (χ0n) is 16.4. The molecule has 0 radical (unpaired) electrons. The second kappa shape index (κ2) is 9.94. The number of nitrogens with zero attached hydrogens (tertiary/aromatic N) is 1. The molecule has 0 unspecified atom stereocenters. The number of rotatable bonds is 8. The topological polar surface area (TPSA) is 41.6 Å². The molecular formula is C22H27FN2O2S. The van der Waals surface area contributed by atoms with Crippen LogP contribution in [0.1, 0.15) is 36.2 Å². The van der Waals surface area contributed by atoms with E-state index < -0.39 is 0 Å². The first kappa shape index (κ1) is 20.7. The lowest BCUT2D eigenvalue weighted by Crippen LogP contribution is -2.30. The molecule has 0 atom stereocenters. The lowest BCUT2D eigenvalue weighted by atomic mass is 10.1. The summed E-state index contributed by atoms with van der Waals surface area (Å²) in [5, 5.41) is 2.96. The van der Waals surface area contributed by atoms with Crippen molar-refractivity contribution in [3.63, 3.8) is 0 Å². The second-order valence-electron chi connectivity index (χ2n) is 7.11. The highest BCUT2D eigenvalue weighted by Gasteiger charge is 2.19. The largest absolute Gasteiger partial charge is 0.379 e. The Bertz CT molecular complexity index is 796. The first-order valence-corrected chi connectivity index (χ1v) is 10.7. The van der Waals surface area contributed by atoms with E-state index in [-0.39, 0.29) is 17.8 Å². The monoisotopic (exact) mass is 402 g/mol. The van der Waals surface area contributed by atoms with Gasteiger partial charge in [-0.15, -0.1) is 11.8 Å².